The molecule has 0 aliphatic heterocycles. The molecule has 0 amide bonds. The Labute approximate surface area is 42.8 Å². The van der Waals surface area contributed by atoms with Crippen LogP contribution in [0.1, 0.15) is 13.3 Å². The number of hydrogen-bond donors (Lipinski definition) is 0. The van der Waals surface area contributed by atoms with Crippen LogP contribution < -0.4 is 0 Å². The third kappa shape index (κ3) is 4.73. The fraction of sp³-hybridized carbons (Fsp3) is 1.00. The van der Waals surface area contributed by atoms with Gasteiger partial charge in [-0.15, -0.1) is 15.7 Å². The lowest BCUT2D eigenvalue weighted by atomic mass is 10.6. The van der Waals surface area contributed by atoms with Crippen LogP contribution in [0.25, 0.3) is 0 Å². The van der Waals surface area contributed by atoms with Gasteiger partial charge in [-0.1, -0.05) is 13.3 Å². The Kier molecular flexibility index (Phi) is 4.38. The standard InChI is InChI=1S/C4H12P2/c1-3-4-6(2)5/h5-6H,3-4H2,1-2H3. The molecular formula is C4H12P2. The molecule has 0 nitrogen and oxygen atoms in total. The summed E-state index contributed by atoms with van der Waals surface area (Å²) < 4.78 is 0. The first kappa shape index (κ1) is 6.73. The summed E-state index contributed by atoms with van der Waals surface area (Å²) in [6.07, 6.45) is 2.72. The Hall–Kier alpha value is 0.730. The van der Waals surface area contributed by atoms with Crippen molar-refractivity contribution in [3.63, 3.8) is 0 Å². The number of rotatable bonds is 2. The Morgan fingerprint density at radius 2 is 2.17 bits per heavy atom. The molecule has 0 aliphatic rings. The van der Waals surface area contributed by atoms with Gasteiger partial charge >= 0.3 is 0 Å². The summed E-state index contributed by atoms with van der Waals surface area (Å²) in [6, 6.07) is 0. The van der Waals surface area contributed by atoms with E-state index in [0.717, 1.165) is 0 Å². The first-order valence-electron chi connectivity index (χ1n) is 2.31. The van der Waals surface area contributed by atoms with Crippen molar-refractivity contribution >= 4 is 15.7 Å². The highest BCUT2D eigenvalue weighted by Gasteiger charge is 1.75. The molecule has 0 aromatic rings. The van der Waals surface area contributed by atoms with E-state index in [2.05, 4.69) is 22.1 Å². The lowest BCUT2D eigenvalue weighted by Crippen LogP contribution is -1.64. The van der Waals surface area contributed by atoms with Crippen molar-refractivity contribution in [2.24, 2.45) is 0 Å². The maximum Gasteiger partial charge on any atom is -0.0323 e. The molecule has 0 spiro atoms. The first-order chi connectivity index (χ1) is 2.77. The van der Waals surface area contributed by atoms with Gasteiger partial charge in [0.2, 0.25) is 0 Å². The van der Waals surface area contributed by atoms with Crippen LogP contribution in [0.15, 0.2) is 0 Å². The summed E-state index contributed by atoms with van der Waals surface area (Å²) in [5.74, 6) is 0. The first-order valence-corrected chi connectivity index (χ1v) is 6.02. The van der Waals surface area contributed by atoms with Crippen LogP contribution in [0.4, 0.5) is 0 Å². The number of hydrogen-bond acceptors (Lipinski definition) is 0. The van der Waals surface area contributed by atoms with E-state index in [1.54, 1.807) is 0 Å². The summed E-state index contributed by atoms with van der Waals surface area (Å²) in [4.78, 5) is 0. The van der Waals surface area contributed by atoms with Crippen LogP contribution in [0, 0.1) is 0 Å². The molecule has 6 heavy (non-hydrogen) atoms. The van der Waals surface area contributed by atoms with Gasteiger partial charge in [0.1, 0.15) is 0 Å². The van der Waals surface area contributed by atoms with Gasteiger partial charge in [-0.2, -0.15) is 0 Å². The van der Waals surface area contributed by atoms with Gasteiger partial charge in [0.05, 0.1) is 0 Å². The molecule has 0 aromatic heterocycles. The second-order valence-electron chi connectivity index (χ2n) is 1.53. The molecule has 0 rings (SSSR count). The third-order valence-electron chi connectivity index (χ3n) is 0.625. The van der Waals surface area contributed by atoms with Gasteiger partial charge in [0.15, 0.2) is 0 Å². The predicted molar refractivity (Wildman–Crippen MR) is 37.7 cm³/mol. The summed E-state index contributed by atoms with van der Waals surface area (Å²) in [5.41, 5.74) is 0. The van der Waals surface area contributed by atoms with Crippen LogP contribution in [-0.2, 0) is 0 Å². The smallest absolute Gasteiger partial charge is 0.0323 e. The van der Waals surface area contributed by atoms with Crippen molar-refractivity contribution in [1.29, 1.82) is 0 Å². The van der Waals surface area contributed by atoms with Crippen molar-refractivity contribution < 1.29 is 0 Å². The van der Waals surface area contributed by atoms with Crippen LogP contribution in [0.2, 0.25) is 0 Å². The minimum absolute atomic E-state index is 0.0800. The van der Waals surface area contributed by atoms with Gasteiger partial charge in [-0.25, -0.2) is 0 Å². The molecule has 0 aliphatic carbocycles. The van der Waals surface area contributed by atoms with E-state index >= 15 is 0 Å². The molecule has 0 heterocycles. The van der Waals surface area contributed by atoms with Crippen LogP contribution in [0.3, 0.4) is 0 Å². The zero-order chi connectivity index (χ0) is 4.99. The summed E-state index contributed by atoms with van der Waals surface area (Å²) in [5, 5.41) is 0. The molecule has 38 valence electrons. The van der Waals surface area contributed by atoms with E-state index in [1.165, 1.54) is 12.6 Å². The predicted octanol–water partition coefficient (Wildman–Crippen LogP) is 2.30. The van der Waals surface area contributed by atoms with Crippen LogP contribution in [0.5, 0.6) is 0 Å². The summed E-state index contributed by atoms with van der Waals surface area (Å²) in [7, 11) is 3.50. The normalized spacial score (nSPS) is 14.3. The molecule has 0 radical (unpaired) electrons. The van der Waals surface area contributed by atoms with E-state index < -0.39 is 0 Å². The average Bonchev–Trinajstić information content (AvgIpc) is 1.35. The summed E-state index contributed by atoms with van der Waals surface area (Å²) in [6.45, 7) is 4.49. The van der Waals surface area contributed by atoms with Gasteiger partial charge in [-0.3, -0.25) is 0 Å². The van der Waals surface area contributed by atoms with Crippen LogP contribution >= 0.6 is 15.7 Å². The van der Waals surface area contributed by atoms with E-state index in [1.807, 2.05) is 0 Å². The van der Waals surface area contributed by atoms with Crippen molar-refractivity contribution in [3.8, 4) is 0 Å². The van der Waals surface area contributed by atoms with Crippen molar-refractivity contribution in [2.75, 3.05) is 12.8 Å². The molecule has 0 bridgehead atoms. The van der Waals surface area contributed by atoms with E-state index in [9.17, 15) is 0 Å². The second kappa shape index (κ2) is 3.90. The molecule has 0 N–H and O–H groups in total. The lowest BCUT2D eigenvalue weighted by molar-refractivity contribution is 1.10. The zero-order valence-electron chi connectivity index (χ0n) is 4.41. The molecule has 0 fully saturated rings. The highest BCUT2D eigenvalue weighted by atomic mass is 31.7. The molecular weight excluding hydrogens is 110 g/mol. The third-order valence-corrected chi connectivity index (χ3v) is 2.62. The maximum atomic E-state index is 3.58. The van der Waals surface area contributed by atoms with E-state index in [0.29, 0.717) is 0 Å². The van der Waals surface area contributed by atoms with Gasteiger partial charge in [0.25, 0.3) is 0 Å². The monoisotopic (exact) mass is 122 g/mol. The largest absolute Gasteiger partial charge is 0.129 e. The van der Waals surface area contributed by atoms with Crippen molar-refractivity contribution in [2.45, 2.75) is 13.3 Å². The Balaban J connectivity index is 2.83. The molecule has 0 saturated heterocycles. The molecule has 1 atom stereocenters. The van der Waals surface area contributed by atoms with Gasteiger partial charge in [0, 0.05) is 0 Å². The molecule has 1 unspecified atom stereocenters. The minimum Gasteiger partial charge on any atom is -0.129 e. The van der Waals surface area contributed by atoms with Gasteiger partial charge < -0.3 is 0 Å². The average molecular weight is 122 g/mol. The summed E-state index contributed by atoms with van der Waals surface area (Å²) >= 11 is 0. The second-order valence-corrected chi connectivity index (χ2v) is 6.15. The Bertz CT molecular complexity index is 49.5. The molecule has 2 heteroatoms. The van der Waals surface area contributed by atoms with E-state index in [4.69, 9.17) is 0 Å². The topological polar surface area (TPSA) is 0 Å². The molecule has 0 saturated carbocycles. The van der Waals surface area contributed by atoms with Crippen molar-refractivity contribution in [3.05, 3.63) is 0 Å². The quantitative estimate of drug-likeness (QED) is 0.493. The SMILES string of the molecule is CCC[PH](C)=P. The maximum absolute atomic E-state index is 3.58. The highest BCUT2D eigenvalue weighted by Crippen LogP contribution is 2.21. The molecule has 0 aromatic carbocycles. The van der Waals surface area contributed by atoms with Crippen molar-refractivity contribution in [1.82, 2.24) is 0 Å². The Morgan fingerprint density at radius 1 is 1.67 bits per heavy atom. The minimum atomic E-state index is -0.0800. The zero-order valence-corrected chi connectivity index (χ0v) is 6.41. The Morgan fingerprint density at radius 3 is 2.17 bits per heavy atom. The van der Waals surface area contributed by atoms with Crippen LogP contribution in [-0.4, -0.2) is 12.8 Å². The fourth-order valence-corrected chi connectivity index (χ4v) is 1.87. The lowest BCUT2D eigenvalue weighted by Gasteiger charge is -1.88. The fourth-order valence-electron chi connectivity index (χ4n) is 0.375. The highest BCUT2D eigenvalue weighted by molar-refractivity contribution is 7.86. The van der Waals surface area contributed by atoms with E-state index in [-0.39, 0.29) is 7.21 Å². The van der Waals surface area contributed by atoms with Gasteiger partial charge in [-0.05, 0) is 12.8 Å².